The molecule has 2 amide bonds. The van der Waals surface area contributed by atoms with Crippen molar-refractivity contribution >= 4 is 51.6 Å². The topological polar surface area (TPSA) is 84.5 Å². The zero-order valence-electron chi connectivity index (χ0n) is 19.5. The molecule has 0 saturated carbocycles. The van der Waals surface area contributed by atoms with Crippen molar-refractivity contribution in [3.63, 3.8) is 0 Å². The Morgan fingerprint density at radius 2 is 1.85 bits per heavy atom. The minimum Gasteiger partial charge on any atom is -0.462 e. The summed E-state index contributed by atoms with van der Waals surface area (Å²) >= 11 is 2.97. The van der Waals surface area contributed by atoms with E-state index >= 15 is 0 Å². The number of nitrogens with one attached hydrogen (secondary N) is 2. The van der Waals surface area contributed by atoms with Crippen LogP contribution < -0.4 is 10.6 Å². The number of carbonyl (C=O) groups is 3. The van der Waals surface area contributed by atoms with Gasteiger partial charge in [-0.15, -0.1) is 23.1 Å². The minimum absolute atomic E-state index is 0.132. The number of anilines is 2. The Labute approximate surface area is 203 Å². The first-order valence-electron chi connectivity index (χ1n) is 11.6. The van der Waals surface area contributed by atoms with Gasteiger partial charge < -0.3 is 15.4 Å². The number of aryl methyl sites for hydroxylation is 1. The van der Waals surface area contributed by atoms with E-state index in [9.17, 15) is 14.4 Å². The van der Waals surface area contributed by atoms with Crippen LogP contribution in [0.5, 0.6) is 0 Å². The van der Waals surface area contributed by atoms with Crippen LogP contribution in [0.1, 0.15) is 73.7 Å². The lowest BCUT2D eigenvalue weighted by Crippen LogP contribution is -2.25. The summed E-state index contributed by atoms with van der Waals surface area (Å²) in [5, 5.41) is 6.10. The first-order valence-corrected chi connectivity index (χ1v) is 13.3. The molecule has 6 nitrogen and oxygen atoms in total. The molecule has 0 bridgehead atoms. The molecule has 178 valence electrons. The van der Waals surface area contributed by atoms with Gasteiger partial charge in [0.1, 0.15) is 5.00 Å². The van der Waals surface area contributed by atoms with Gasteiger partial charge in [-0.1, -0.05) is 25.8 Å². The summed E-state index contributed by atoms with van der Waals surface area (Å²) in [6.45, 7) is 5.53. The average Bonchev–Trinajstić information content (AvgIpc) is 3.07. The molecule has 1 aliphatic rings. The molecule has 0 aliphatic heterocycles. The van der Waals surface area contributed by atoms with E-state index in [1.54, 1.807) is 6.92 Å². The van der Waals surface area contributed by atoms with Crippen molar-refractivity contribution in [3.8, 4) is 0 Å². The molecular formula is C25H32N2O4S2. The van der Waals surface area contributed by atoms with Gasteiger partial charge >= 0.3 is 5.97 Å². The van der Waals surface area contributed by atoms with Crippen LogP contribution in [0.15, 0.2) is 29.2 Å². The molecule has 0 fully saturated rings. The maximum Gasteiger partial charge on any atom is 0.341 e. The average molecular weight is 489 g/mol. The van der Waals surface area contributed by atoms with E-state index in [1.807, 2.05) is 31.2 Å². The molecule has 0 saturated heterocycles. The number of amides is 2. The number of fused-ring (bicyclic) bond motifs is 1. The molecule has 1 aromatic heterocycles. The number of thioether (sulfide) groups is 1. The first kappa shape index (κ1) is 25.3. The van der Waals surface area contributed by atoms with E-state index < -0.39 is 0 Å². The number of hydrogen-bond acceptors (Lipinski definition) is 6. The molecule has 0 spiro atoms. The second kappa shape index (κ2) is 12.2. The fraction of sp³-hybridized carbons (Fsp3) is 0.480. The van der Waals surface area contributed by atoms with Gasteiger partial charge in [-0.05, 0) is 62.8 Å². The molecular weight excluding hydrogens is 456 g/mol. The van der Waals surface area contributed by atoms with Gasteiger partial charge in [0.15, 0.2) is 0 Å². The van der Waals surface area contributed by atoms with Gasteiger partial charge in [-0.2, -0.15) is 0 Å². The molecule has 0 radical (unpaired) electrons. The van der Waals surface area contributed by atoms with Crippen molar-refractivity contribution < 1.29 is 19.1 Å². The van der Waals surface area contributed by atoms with E-state index in [0.717, 1.165) is 42.6 Å². The number of hydrogen-bond donors (Lipinski definition) is 2. The van der Waals surface area contributed by atoms with Gasteiger partial charge in [0.25, 0.3) is 0 Å². The monoisotopic (exact) mass is 488 g/mol. The minimum atomic E-state index is -0.352. The van der Waals surface area contributed by atoms with Crippen LogP contribution in [-0.2, 0) is 27.2 Å². The zero-order chi connectivity index (χ0) is 23.8. The standard InChI is InChI=1S/C25H32N2O4S2/c1-4-20(32-18-12-10-11-17(15-18)26-16(3)28)23(29)27-24-22(25(30)31-5-2)19-13-8-6-7-9-14-21(19)33-24/h10-12,15,20H,4-9,13-14H2,1-3H3,(H,26,28)(H,27,29). The van der Waals surface area contributed by atoms with Gasteiger partial charge in [0, 0.05) is 22.4 Å². The lowest BCUT2D eigenvalue weighted by Gasteiger charge is -2.16. The summed E-state index contributed by atoms with van der Waals surface area (Å²) in [5.74, 6) is -0.622. The Kier molecular flexibility index (Phi) is 9.38. The van der Waals surface area contributed by atoms with Crippen LogP contribution >= 0.6 is 23.1 Å². The normalized spacial score (nSPS) is 14.4. The summed E-state index contributed by atoms with van der Waals surface area (Å²) in [7, 11) is 0. The molecule has 1 aliphatic carbocycles. The summed E-state index contributed by atoms with van der Waals surface area (Å²) in [6, 6.07) is 7.46. The third kappa shape index (κ3) is 6.84. The summed E-state index contributed by atoms with van der Waals surface area (Å²) in [5.41, 5.74) is 2.29. The third-order valence-electron chi connectivity index (χ3n) is 5.48. The van der Waals surface area contributed by atoms with E-state index in [0.29, 0.717) is 29.3 Å². The van der Waals surface area contributed by atoms with Gasteiger partial charge in [0.2, 0.25) is 11.8 Å². The highest BCUT2D eigenvalue weighted by molar-refractivity contribution is 8.00. The molecule has 1 unspecified atom stereocenters. The van der Waals surface area contributed by atoms with Crippen LogP contribution in [0.4, 0.5) is 10.7 Å². The van der Waals surface area contributed by atoms with Gasteiger partial charge in [-0.25, -0.2) is 4.79 Å². The van der Waals surface area contributed by atoms with Gasteiger partial charge in [-0.3, -0.25) is 9.59 Å². The molecule has 33 heavy (non-hydrogen) atoms. The van der Waals surface area contributed by atoms with E-state index in [1.165, 1.54) is 41.3 Å². The fourth-order valence-corrected chi connectivity index (χ4v) is 6.25. The van der Waals surface area contributed by atoms with Crippen molar-refractivity contribution in [1.29, 1.82) is 0 Å². The van der Waals surface area contributed by atoms with E-state index in [-0.39, 0.29) is 23.0 Å². The molecule has 8 heteroatoms. The SMILES string of the molecule is CCOC(=O)c1c(NC(=O)C(CC)Sc2cccc(NC(C)=O)c2)sc2c1CCCCCC2. The van der Waals surface area contributed by atoms with E-state index in [2.05, 4.69) is 10.6 Å². The lowest BCUT2D eigenvalue weighted by atomic mass is 9.96. The molecule has 1 heterocycles. The van der Waals surface area contributed by atoms with Crippen LogP contribution in [0, 0.1) is 0 Å². The number of carbonyl (C=O) groups excluding carboxylic acids is 3. The second-order valence-electron chi connectivity index (χ2n) is 8.06. The van der Waals surface area contributed by atoms with Gasteiger partial charge in [0.05, 0.1) is 17.4 Å². The van der Waals surface area contributed by atoms with Crippen LogP contribution in [0.25, 0.3) is 0 Å². The number of ether oxygens (including phenoxy) is 1. The first-order chi connectivity index (χ1) is 15.9. The number of rotatable bonds is 8. The molecule has 1 atom stereocenters. The van der Waals surface area contributed by atoms with Crippen LogP contribution in [-0.4, -0.2) is 29.6 Å². The van der Waals surface area contributed by atoms with E-state index in [4.69, 9.17) is 4.74 Å². The van der Waals surface area contributed by atoms with Crippen molar-refractivity contribution in [2.24, 2.45) is 0 Å². The number of thiophene rings is 1. The lowest BCUT2D eigenvalue weighted by molar-refractivity contribution is -0.116. The van der Waals surface area contributed by atoms with Crippen molar-refractivity contribution in [3.05, 3.63) is 40.3 Å². The largest absolute Gasteiger partial charge is 0.462 e. The molecule has 1 aromatic carbocycles. The Morgan fingerprint density at radius 1 is 1.09 bits per heavy atom. The molecule has 2 aromatic rings. The highest BCUT2D eigenvalue weighted by atomic mass is 32.2. The van der Waals surface area contributed by atoms with Crippen molar-refractivity contribution in [2.75, 3.05) is 17.2 Å². The number of esters is 1. The Hall–Kier alpha value is -2.32. The maximum atomic E-state index is 13.2. The third-order valence-corrected chi connectivity index (χ3v) is 8.05. The Bertz CT molecular complexity index is 1000. The summed E-state index contributed by atoms with van der Waals surface area (Å²) in [4.78, 5) is 39.5. The highest BCUT2D eigenvalue weighted by Crippen LogP contribution is 2.38. The zero-order valence-corrected chi connectivity index (χ0v) is 21.1. The smallest absolute Gasteiger partial charge is 0.341 e. The number of benzene rings is 1. The summed E-state index contributed by atoms with van der Waals surface area (Å²) in [6.07, 6.45) is 6.90. The second-order valence-corrected chi connectivity index (χ2v) is 10.4. The maximum absolute atomic E-state index is 13.2. The Balaban J connectivity index is 1.82. The van der Waals surface area contributed by atoms with Crippen LogP contribution in [0.2, 0.25) is 0 Å². The predicted octanol–water partition coefficient (Wildman–Crippen LogP) is 6.05. The van der Waals surface area contributed by atoms with Crippen molar-refractivity contribution in [1.82, 2.24) is 0 Å². The Morgan fingerprint density at radius 3 is 2.55 bits per heavy atom. The fourth-order valence-electron chi connectivity index (χ4n) is 3.96. The quantitative estimate of drug-likeness (QED) is 0.349. The molecule has 3 rings (SSSR count). The van der Waals surface area contributed by atoms with Crippen LogP contribution in [0.3, 0.4) is 0 Å². The van der Waals surface area contributed by atoms with Crippen molar-refractivity contribution in [2.45, 2.75) is 75.9 Å². The summed E-state index contributed by atoms with van der Waals surface area (Å²) < 4.78 is 5.35. The highest BCUT2D eigenvalue weighted by Gasteiger charge is 2.28. The predicted molar refractivity (Wildman–Crippen MR) is 135 cm³/mol. The molecule has 2 N–H and O–H groups in total.